The third kappa shape index (κ3) is 1.90. The minimum Gasteiger partial charge on any atom is -0.454 e. The number of nitrogens with one attached hydrogen (secondary N) is 1. The Morgan fingerprint density at radius 2 is 2.21 bits per heavy atom. The first-order chi connectivity index (χ1) is 6.75. The maximum atomic E-state index is 10.4. The van der Waals surface area contributed by atoms with E-state index >= 15 is 0 Å². The van der Waals surface area contributed by atoms with E-state index in [1.54, 1.807) is 6.07 Å². The van der Waals surface area contributed by atoms with Gasteiger partial charge in [0.2, 0.25) is 6.79 Å². The van der Waals surface area contributed by atoms with E-state index in [0.717, 1.165) is 11.3 Å². The van der Waals surface area contributed by atoms with Gasteiger partial charge in [0, 0.05) is 6.54 Å². The molecule has 14 heavy (non-hydrogen) atoms. The fraction of sp³-hybridized carbons (Fsp3) is 0.222. The lowest BCUT2D eigenvalue weighted by molar-refractivity contribution is 0.174. The number of carbonyl (C=O) groups is 1. The Morgan fingerprint density at radius 1 is 1.43 bits per heavy atom. The molecule has 5 heteroatoms. The van der Waals surface area contributed by atoms with Gasteiger partial charge < -0.3 is 14.8 Å². The van der Waals surface area contributed by atoms with Gasteiger partial charge in [0.05, 0.1) is 0 Å². The van der Waals surface area contributed by atoms with Gasteiger partial charge in [0.25, 0.3) is 0 Å². The fourth-order valence-electron chi connectivity index (χ4n) is 1.22. The third-order valence-corrected chi connectivity index (χ3v) is 2.00. The molecule has 2 rings (SSSR count). The van der Waals surface area contributed by atoms with Gasteiger partial charge >= 0.3 is 5.37 Å². The van der Waals surface area contributed by atoms with Gasteiger partial charge in [-0.1, -0.05) is 6.07 Å². The van der Waals surface area contributed by atoms with Crippen LogP contribution in [0.2, 0.25) is 0 Å². The van der Waals surface area contributed by atoms with E-state index < -0.39 is 5.37 Å². The standard InChI is InChI=1S/C9H8ClNO3/c10-9(12)11-4-6-1-2-7-8(3-6)14-5-13-7/h1-3H,4-5H2,(H,11,12). The number of carbonyl (C=O) groups excluding carboxylic acids is 1. The molecule has 0 saturated carbocycles. The molecule has 0 aromatic heterocycles. The molecule has 0 radical (unpaired) electrons. The lowest BCUT2D eigenvalue weighted by Crippen LogP contribution is -2.15. The molecule has 1 aliphatic rings. The van der Waals surface area contributed by atoms with Crippen molar-refractivity contribution in [1.29, 1.82) is 0 Å². The van der Waals surface area contributed by atoms with Crippen LogP contribution in [0.5, 0.6) is 11.5 Å². The summed E-state index contributed by atoms with van der Waals surface area (Å²) in [5.74, 6) is 1.43. The molecule has 0 spiro atoms. The van der Waals surface area contributed by atoms with Crippen LogP contribution in [0, 0.1) is 0 Å². The molecule has 1 aromatic carbocycles. The number of rotatable bonds is 2. The zero-order chi connectivity index (χ0) is 9.97. The predicted molar refractivity (Wildman–Crippen MR) is 50.7 cm³/mol. The molecule has 0 saturated heterocycles. The lowest BCUT2D eigenvalue weighted by atomic mass is 10.2. The van der Waals surface area contributed by atoms with Crippen LogP contribution >= 0.6 is 11.6 Å². The summed E-state index contributed by atoms with van der Waals surface area (Å²) in [6.07, 6.45) is 0. The summed E-state index contributed by atoms with van der Waals surface area (Å²) in [5.41, 5.74) is 0.920. The summed E-state index contributed by atoms with van der Waals surface area (Å²) in [7, 11) is 0. The molecule has 1 heterocycles. The monoisotopic (exact) mass is 213 g/mol. The SMILES string of the molecule is O=C(Cl)NCc1ccc2c(c1)OCO2. The first-order valence-corrected chi connectivity index (χ1v) is 4.45. The van der Waals surface area contributed by atoms with Gasteiger partial charge in [-0.25, -0.2) is 0 Å². The number of hydrogen-bond donors (Lipinski definition) is 1. The van der Waals surface area contributed by atoms with E-state index in [4.69, 9.17) is 21.1 Å². The van der Waals surface area contributed by atoms with Crippen LogP contribution in [-0.4, -0.2) is 12.2 Å². The van der Waals surface area contributed by atoms with Crippen LogP contribution < -0.4 is 14.8 Å². The van der Waals surface area contributed by atoms with Gasteiger partial charge in [-0.05, 0) is 29.3 Å². The van der Waals surface area contributed by atoms with Crippen molar-refractivity contribution in [2.45, 2.75) is 6.54 Å². The van der Waals surface area contributed by atoms with Crippen molar-refractivity contribution in [3.8, 4) is 11.5 Å². The molecule has 1 N–H and O–H groups in total. The summed E-state index contributed by atoms with van der Waals surface area (Å²) in [6.45, 7) is 0.639. The molecule has 0 bridgehead atoms. The summed E-state index contributed by atoms with van der Waals surface area (Å²) in [5, 5.41) is 1.92. The van der Waals surface area contributed by atoms with Crippen LogP contribution in [-0.2, 0) is 6.54 Å². The maximum absolute atomic E-state index is 10.4. The summed E-state index contributed by atoms with van der Waals surface area (Å²) < 4.78 is 10.3. The first-order valence-electron chi connectivity index (χ1n) is 4.07. The molecule has 0 unspecified atom stereocenters. The Balaban J connectivity index is 2.09. The molecule has 4 nitrogen and oxygen atoms in total. The average Bonchev–Trinajstić information content (AvgIpc) is 2.61. The quantitative estimate of drug-likeness (QED) is 0.603. The van der Waals surface area contributed by atoms with Gasteiger partial charge in [0.1, 0.15) is 0 Å². The predicted octanol–water partition coefficient (Wildman–Crippen LogP) is 1.86. The van der Waals surface area contributed by atoms with E-state index in [-0.39, 0.29) is 6.79 Å². The first kappa shape index (κ1) is 9.15. The highest BCUT2D eigenvalue weighted by molar-refractivity contribution is 6.62. The Bertz CT molecular complexity index is 367. The third-order valence-electron chi connectivity index (χ3n) is 1.87. The van der Waals surface area contributed by atoms with Crippen LogP contribution in [0.1, 0.15) is 5.56 Å². The van der Waals surface area contributed by atoms with E-state index in [0.29, 0.717) is 12.3 Å². The van der Waals surface area contributed by atoms with Crippen molar-refractivity contribution >= 4 is 17.0 Å². The largest absolute Gasteiger partial charge is 0.454 e. The lowest BCUT2D eigenvalue weighted by Gasteiger charge is -2.02. The second kappa shape index (κ2) is 3.75. The zero-order valence-corrected chi connectivity index (χ0v) is 8.00. The highest BCUT2D eigenvalue weighted by atomic mass is 35.5. The van der Waals surface area contributed by atoms with Gasteiger partial charge in [-0.3, -0.25) is 4.79 Å². The van der Waals surface area contributed by atoms with Gasteiger partial charge in [0.15, 0.2) is 11.5 Å². The van der Waals surface area contributed by atoms with Crippen LogP contribution in [0.4, 0.5) is 4.79 Å². The van der Waals surface area contributed by atoms with Crippen LogP contribution in [0.3, 0.4) is 0 Å². The summed E-state index contributed by atoms with van der Waals surface area (Å²) in [6, 6.07) is 5.47. The van der Waals surface area contributed by atoms with E-state index in [9.17, 15) is 4.79 Å². The van der Waals surface area contributed by atoms with Crippen molar-refractivity contribution in [1.82, 2.24) is 5.32 Å². The number of halogens is 1. The number of hydrogen-bond acceptors (Lipinski definition) is 3. The molecule has 74 valence electrons. The number of fused-ring (bicyclic) bond motifs is 1. The molecule has 1 aromatic rings. The number of benzene rings is 1. The zero-order valence-electron chi connectivity index (χ0n) is 7.25. The fourth-order valence-corrected chi connectivity index (χ4v) is 1.29. The minimum absolute atomic E-state index is 0.251. The van der Waals surface area contributed by atoms with Gasteiger partial charge in [-0.2, -0.15) is 0 Å². The van der Waals surface area contributed by atoms with Gasteiger partial charge in [-0.15, -0.1) is 0 Å². The number of ether oxygens (including phenoxy) is 2. The Hall–Kier alpha value is -1.42. The van der Waals surface area contributed by atoms with E-state index in [1.807, 2.05) is 12.1 Å². The van der Waals surface area contributed by atoms with Crippen LogP contribution in [0.25, 0.3) is 0 Å². The molecule has 0 fully saturated rings. The number of amides is 1. The highest BCUT2D eigenvalue weighted by Crippen LogP contribution is 2.32. The highest BCUT2D eigenvalue weighted by Gasteiger charge is 2.12. The van der Waals surface area contributed by atoms with Crippen LogP contribution in [0.15, 0.2) is 18.2 Å². The molecule has 0 atom stereocenters. The minimum atomic E-state index is -0.567. The summed E-state index contributed by atoms with van der Waals surface area (Å²) in [4.78, 5) is 10.4. The average molecular weight is 214 g/mol. The van der Waals surface area contributed by atoms with Crippen molar-refractivity contribution in [2.24, 2.45) is 0 Å². The normalized spacial score (nSPS) is 12.6. The topological polar surface area (TPSA) is 47.6 Å². The van der Waals surface area contributed by atoms with Crippen molar-refractivity contribution in [2.75, 3.05) is 6.79 Å². The van der Waals surface area contributed by atoms with Crippen molar-refractivity contribution in [3.05, 3.63) is 23.8 Å². The Labute approximate surface area is 85.8 Å². The van der Waals surface area contributed by atoms with Crippen molar-refractivity contribution < 1.29 is 14.3 Å². The maximum Gasteiger partial charge on any atom is 0.314 e. The second-order valence-corrected chi connectivity index (χ2v) is 3.16. The van der Waals surface area contributed by atoms with E-state index in [2.05, 4.69) is 5.32 Å². The van der Waals surface area contributed by atoms with Crippen molar-refractivity contribution in [3.63, 3.8) is 0 Å². The second-order valence-electron chi connectivity index (χ2n) is 2.81. The molecular weight excluding hydrogens is 206 g/mol. The molecule has 1 amide bonds. The molecular formula is C9H8ClNO3. The molecule has 0 aliphatic carbocycles. The Kier molecular flexibility index (Phi) is 2.45. The Morgan fingerprint density at radius 3 is 3.00 bits per heavy atom. The summed E-state index contributed by atoms with van der Waals surface area (Å²) >= 11 is 5.14. The molecule has 1 aliphatic heterocycles. The smallest absolute Gasteiger partial charge is 0.314 e. The van der Waals surface area contributed by atoms with E-state index in [1.165, 1.54) is 0 Å².